The highest BCUT2D eigenvalue weighted by Gasteiger charge is 2.05. The number of carboxylic acids is 1. The highest BCUT2D eigenvalue weighted by molar-refractivity contribution is 7.98. The first-order valence-corrected chi connectivity index (χ1v) is 8.08. The molecule has 116 valence electrons. The summed E-state index contributed by atoms with van der Waals surface area (Å²) in [5.74, 6) is 0.570. The molecule has 0 saturated carbocycles. The van der Waals surface area contributed by atoms with Crippen molar-refractivity contribution in [1.82, 2.24) is 0 Å². The van der Waals surface area contributed by atoms with Crippen molar-refractivity contribution in [1.29, 1.82) is 0 Å². The van der Waals surface area contributed by atoms with E-state index in [0.29, 0.717) is 5.75 Å². The summed E-state index contributed by atoms with van der Waals surface area (Å²) in [5, 5.41) is 8.64. The molecule has 0 spiro atoms. The molecule has 2 aromatic carbocycles. The average molecular weight is 316 g/mol. The van der Waals surface area contributed by atoms with E-state index in [0.717, 1.165) is 16.2 Å². The summed E-state index contributed by atoms with van der Waals surface area (Å²) in [4.78, 5) is 11.7. The van der Waals surface area contributed by atoms with Crippen molar-refractivity contribution in [3.8, 4) is 5.75 Å². The number of aryl methyl sites for hydroxylation is 3. The number of rotatable bonds is 6. The van der Waals surface area contributed by atoms with Crippen LogP contribution in [0.25, 0.3) is 0 Å². The number of carbonyl (C=O) groups is 1. The summed E-state index contributed by atoms with van der Waals surface area (Å²) < 4.78 is 5.24. The van der Waals surface area contributed by atoms with Crippen LogP contribution in [0.1, 0.15) is 22.3 Å². The number of aliphatic carboxylic acids is 1. The van der Waals surface area contributed by atoms with Gasteiger partial charge < -0.3 is 9.84 Å². The van der Waals surface area contributed by atoms with Gasteiger partial charge in [0.05, 0.1) is 0 Å². The standard InChI is InChI=1S/C18H20O3S/c1-12-4-5-15(8-13(12)2)11-22-16-6-7-17(14(3)9-16)21-10-18(19)20/h4-9H,10-11H2,1-3H3,(H,19,20). The second kappa shape index (κ2) is 7.36. The number of hydrogen-bond donors (Lipinski definition) is 1. The van der Waals surface area contributed by atoms with E-state index in [1.165, 1.54) is 16.7 Å². The molecule has 0 saturated heterocycles. The minimum absolute atomic E-state index is 0.310. The predicted molar refractivity (Wildman–Crippen MR) is 89.8 cm³/mol. The molecule has 4 heteroatoms. The van der Waals surface area contributed by atoms with Gasteiger partial charge in [-0.25, -0.2) is 4.79 Å². The molecule has 3 nitrogen and oxygen atoms in total. The topological polar surface area (TPSA) is 46.5 Å². The van der Waals surface area contributed by atoms with Crippen LogP contribution in [0.2, 0.25) is 0 Å². The Balaban J connectivity index is 1.99. The van der Waals surface area contributed by atoms with Gasteiger partial charge in [-0.1, -0.05) is 18.2 Å². The summed E-state index contributed by atoms with van der Waals surface area (Å²) in [6, 6.07) is 12.4. The third kappa shape index (κ3) is 4.53. The molecular weight excluding hydrogens is 296 g/mol. The lowest BCUT2D eigenvalue weighted by Crippen LogP contribution is -2.09. The monoisotopic (exact) mass is 316 g/mol. The molecule has 0 aliphatic rings. The minimum atomic E-state index is -0.965. The molecular formula is C18H20O3S. The van der Waals surface area contributed by atoms with E-state index in [1.807, 2.05) is 25.1 Å². The van der Waals surface area contributed by atoms with E-state index in [9.17, 15) is 4.79 Å². The SMILES string of the molecule is Cc1ccc(CSc2ccc(OCC(=O)O)c(C)c2)cc1C. The molecule has 0 amide bonds. The molecule has 0 aliphatic carbocycles. The van der Waals surface area contributed by atoms with Crippen LogP contribution in [-0.4, -0.2) is 17.7 Å². The Kier molecular flexibility index (Phi) is 5.50. The van der Waals surface area contributed by atoms with Crippen molar-refractivity contribution in [2.24, 2.45) is 0 Å². The van der Waals surface area contributed by atoms with Crippen molar-refractivity contribution in [2.75, 3.05) is 6.61 Å². The molecule has 2 aromatic rings. The molecule has 2 rings (SSSR count). The van der Waals surface area contributed by atoms with E-state index < -0.39 is 5.97 Å². The number of ether oxygens (including phenoxy) is 1. The molecule has 1 N–H and O–H groups in total. The molecule has 0 aromatic heterocycles. The summed E-state index contributed by atoms with van der Waals surface area (Å²) in [5.41, 5.74) is 4.87. The van der Waals surface area contributed by atoms with Crippen LogP contribution in [0.4, 0.5) is 0 Å². The van der Waals surface area contributed by atoms with Crippen molar-refractivity contribution >= 4 is 17.7 Å². The van der Waals surface area contributed by atoms with Gasteiger partial charge in [-0.05, 0) is 61.2 Å². The summed E-state index contributed by atoms with van der Waals surface area (Å²) in [6.07, 6.45) is 0. The van der Waals surface area contributed by atoms with Gasteiger partial charge >= 0.3 is 5.97 Å². The molecule has 0 unspecified atom stereocenters. The van der Waals surface area contributed by atoms with Crippen LogP contribution in [-0.2, 0) is 10.5 Å². The fraction of sp³-hybridized carbons (Fsp3) is 0.278. The van der Waals surface area contributed by atoms with Gasteiger partial charge in [0.25, 0.3) is 0 Å². The van der Waals surface area contributed by atoms with Gasteiger partial charge in [0, 0.05) is 10.6 Å². The highest BCUT2D eigenvalue weighted by Crippen LogP contribution is 2.28. The van der Waals surface area contributed by atoms with Gasteiger partial charge in [-0.15, -0.1) is 11.8 Å². The van der Waals surface area contributed by atoms with E-state index in [2.05, 4.69) is 32.0 Å². The van der Waals surface area contributed by atoms with Crippen LogP contribution in [0, 0.1) is 20.8 Å². The molecule has 22 heavy (non-hydrogen) atoms. The predicted octanol–water partition coefficient (Wildman–Crippen LogP) is 4.37. The Bertz CT molecular complexity index is 680. The van der Waals surface area contributed by atoms with Crippen molar-refractivity contribution in [3.63, 3.8) is 0 Å². The van der Waals surface area contributed by atoms with E-state index in [1.54, 1.807) is 11.8 Å². The first kappa shape index (κ1) is 16.4. The third-order valence-corrected chi connectivity index (χ3v) is 4.54. The first-order chi connectivity index (χ1) is 10.5. The molecule has 0 heterocycles. The number of thioether (sulfide) groups is 1. The summed E-state index contributed by atoms with van der Waals surface area (Å²) in [7, 11) is 0. The number of benzene rings is 2. The van der Waals surface area contributed by atoms with Crippen molar-refractivity contribution in [3.05, 3.63) is 58.7 Å². The number of hydrogen-bond acceptors (Lipinski definition) is 3. The van der Waals surface area contributed by atoms with Crippen LogP contribution < -0.4 is 4.74 Å². The van der Waals surface area contributed by atoms with Crippen molar-refractivity contribution < 1.29 is 14.6 Å². The Morgan fingerprint density at radius 2 is 1.82 bits per heavy atom. The van der Waals surface area contributed by atoms with E-state index in [-0.39, 0.29) is 6.61 Å². The zero-order valence-corrected chi connectivity index (χ0v) is 13.9. The molecule has 0 bridgehead atoms. The maximum atomic E-state index is 10.5. The zero-order chi connectivity index (χ0) is 16.1. The molecule has 0 atom stereocenters. The second-order valence-corrected chi connectivity index (χ2v) is 6.37. The Morgan fingerprint density at radius 3 is 2.45 bits per heavy atom. The van der Waals surface area contributed by atoms with Crippen LogP contribution >= 0.6 is 11.8 Å². The number of carboxylic acid groups (broad SMARTS) is 1. The second-order valence-electron chi connectivity index (χ2n) is 5.32. The van der Waals surface area contributed by atoms with E-state index >= 15 is 0 Å². The third-order valence-electron chi connectivity index (χ3n) is 3.47. The van der Waals surface area contributed by atoms with Crippen LogP contribution in [0.3, 0.4) is 0 Å². The van der Waals surface area contributed by atoms with Crippen molar-refractivity contribution in [2.45, 2.75) is 31.4 Å². The average Bonchev–Trinajstić information content (AvgIpc) is 2.47. The molecule has 0 radical (unpaired) electrons. The van der Waals surface area contributed by atoms with Gasteiger partial charge in [-0.3, -0.25) is 0 Å². The lowest BCUT2D eigenvalue weighted by atomic mass is 10.1. The van der Waals surface area contributed by atoms with Crippen LogP contribution in [0.5, 0.6) is 5.75 Å². The smallest absolute Gasteiger partial charge is 0.341 e. The lowest BCUT2D eigenvalue weighted by Gasteiger charge is -2.09. The molecule has 0 aliphatic heterocycles. The first-order valence-electron chi connectivity index (χ1n) is 7.10. The highest BCUT2D eigenvalue weighted by atomic mass is 32.2. The molecule has 0 fully saturated rings. The van der Waals surface area contributed by atoms with Gasteiger partial charge in [0.1, 0.15) is 5.75 Å². The zero-order valence-electron chi connectivity index (χ0n) is 13.1. The minimum Gasteiger partial charge on any atom is -0.482 e. The maximum Gasteiger partial charge on any atom is 0.341 e. The summed E-state index contributed by atoms with van der Waals surface area (Å²) >= 11 is 1.76. The van der Waals surface area contributed by atoms with Gasteiger partial charge in [0.2, 0.25) is 0 Å². The Hall–Kier alpha value is -1.94. The van der Waals surface area contributed by atoms with Crippen LogP contribution in [0.15, 0.2) is 41.3 Å². The fourth-order valence-electron chi connectivity index (χ4n) is 2.07. The normalized spacial score (nSPS) is 10.5. The van der Waals surface area contributed by atoms with Gasteiger partial charge in [-0.2, -0.15) is 0 Å². The largest absolute Gasteiger partial charge is 0.482 e. The Labute approximate surface area is 135 Å². The fourth-order valence-corrected chi connectivity index (χ4v) is 3.01. The Morgan fingerprint density at radius 1 is 1.05 bits per heavy atom. The quantitative estimate of drug-likeness (QED) is 0.804. The van der Waals surface area contributed by atoms with Gasteiger partial charge in [0.15, 0.2) is 6.61 Å². The van der Waals surface area contributed by atoms with E-state index in [4.69, 9.17) is 9.84 Å². The maximum absolute atomic E-state index is 10.5. The summed E-state index contributed by atoms with van der Waals surface area (Å²) in [6.45, 7) is 5.86. The lowest BCUT2D eigenvalue weighted by molar-refractivity contribution is -0.139.